The molecule has 0 bridgehead atoms. The maximum Gasteiger partial charge on any atom is 0.303 e. The highest BCUT2D eigenvalue weighted by molar-refractivity contribution is 5.76. The Balaban J connectivity index is 1.19. The van der Waals surface area contributed by atoms with E-state index in [9.17, 15) is 14.7 Å². The van der Waals surface area contributed by atoms with Gasteiger partial charge >= 0.3 is 5.97 Å². The zero-order valence-electron chi connectivity index (χ0n) is 18.4. The number of rotatable bonds is 6. The van der Waals surface area contributed by atoms with Crippen LogP contribution in [0, 0.1) is 5.92 Å². The van der Waals surface area contributed by atoms with Crippen molar-refractivity contribution < 1.29 is 14.7 Å². The fraction of sp³-hybridized carbons (Fsp3) is 0.500. The van der Waals surface area contributed by atoms with Crippen LogP contribution in [0.15, 0.2) is 36.5 Å². The van der Waals surface area contributed by atoms with Gasteiger partial charge in [0.2, 0.25) is 5.91 Å². The molecule has 1 amide bonds. The number of anilines is 1. The number of hydrogen-bond acceptors (Lipinski definition) is 4. The number of benzene rings is 1. The van der Waals surface area contributed by atoms with E-state index in [2.05, 4.69) is 28.5 Å². The molecule has 1 aromatic carbocycles. The molecule has 3 atom stereocenters. The van der Waals surface area contributed by atoms with Crippen molar-refractivity contribution in [3.63, 3.8) is 0 Å². The van der Waals surface area contributed by atoms with Crippen molar-refractivity contribution in [1.29, 1.82) is 0 Å². The van der Waals surface area contributed by atoms with E-state index < -0.39 is 5.97 Å². The summed E-state index contributed by atoms with van der Waals surface area (Å²) in [6.07, 6.45) is 7.46. The summed E-state index contributed by atoms with van der Waals surface area (Å²) in [5.41, 5.74) is 4.92. The summed E-state index contributed by atoms with van der Waals surface area (Å²) >= 11 is 0. The number of nitrogens with zero attached hydrogens (tertiary/aromatic N) is 2. The number of hydrogen-bond donors (Lipinski definition) is 2. The molecule has 6 heteroatoms. The van der Waals surface area contributed by atoms with Gasteiger partial charge in [-0.3, -0.25) is 9.59 Å². The van der Waals surface area contributed by atoms with Crippen molar-refractivity contribution in [1.82, 2.24) is 9.88 Å². The number of piperidine rings is 1. The topological polar surface area (TPSA) is 82.5 Å². The predicted molar refractivity (Wildman–Crippen MR) is 123 cm³/mol. The van der Waals surface area contributed by atoms with Gasteiger partial charge in [-0.15, -0.1) is 0 Å². The van der Waals surface area contributed by atoms with Crippen molar-refractivity contribution >= 4 is 17.7 Å². The Morgan fingerprint density at radius 1 is 1.22 bits per heavy atom. The number of carbonyl (C=O) groups excluding carboxylic acids is 1. The molecule has 0 saturated carbocycles. The lowest BCUT2D eigenvalue weighted by atomic mass is 9.80. The van der Waals surface area contributed by atoms with Gasteiger partial charge in [0.05, 0.1) is 6.42 Å². The molecule has 1 aliphatic carbocycles. The van der Waals surface area contributed by atoms with Gasteiger partial charge in [-0.1, -0.05) is 30.3 Å². The third-order valence-corrected chi connectivity index (χ3v) is 7.52. The normalized spacial score (nSPS) is 23.6. The molecular formula is C26H31N3O3. The van der Waals surface area contributed by atoms with Crippen LogP contribution >= 0.6 is 0 Å². The zero-order chi connectivity index (χ0) is 22.1. The first-order chi connectivity index (χ1) is 15.6. The molecule has 2 aromatic rings. The lowest BCUT2D eigenvalue weighted by Gasteiger charge is -2.37. The van der Waals surface area contributed by atoms with Crippen LogP contribution in [0.4, 0.5) is 5.82 Å². The van der Waals surface area contributed by atoms with E-state index in [1.165, 1.54) is 22.3 Å². The molecular weight excluding hydrogens is 402 g/mol. The van der Waals surface area contributed by atoms with Crippen LogP contribution in [-0.2, 0) is 22.4 Å². The van der Waals surface area contributed by atoms with Crippen LogP contribution in [0.1, 0.15) is 66.2 Å². The number of carboxylic acids is 1. The van der Waals surface area contributed by atoms with Crippen LogP contribution < -0.4 is 5.32 Å². The smallest absolute Gasteiger partial charge is 0.303 e. The first kappa shape index (κ1) is 21.0. The Labute approximate surface area is 189 Å². The third kappa shape index (κ3) is 4.10. The quantitative estimate of drug-likeness (QED) is 0.720. The number of nitrogens with one attached hydrogen (secondary N) is 1. The van der Waals surface area contributed by atoms with Gasteiger partial charge in [0.25, 0.3) is 0 Å². The Hall–Kier alpha value is -2.89. The summed E-state index contributed by atoms with van der Waals surface area (Å²) < 4.78 is 0. The van der Waals surface area contributed by atoms with Crippen LogP contribution in [-0.4, -0.2) is 46.5 Å². The summed E-state index contributed by atoms with van der Waals surface area (Å²) in [5.74, 6) is 1.13. The van der Waals surface area contributed by atoms with Crippen molar-refractivity contribution in [2.75, 3.05) is 25.0 Å². The second kappa shape index (κ2) is 8.93. The first-order valence-corrected chi connectivity index (χ1v) is 11.9. The standard InChI is InChI=1S/C26H31N3O3/c30-24(9-3-5-17-13-18-6-4-11-27-26(18)28-15-17)29-12-10-21-22(14-25(31)32)19-7-1-2-8-20(19)23(21)16-29/h1-2,7-8,13,15,21-23H,3-6,9-12,14,16H2,(H,27,28)(H,31,32)/t21-,22?,23+/m1/s1. The van der Waals surface area contributed by atoms with Crippen molar-refractivity contribution in [2.45, 2.75) is 56.8 Å². The fourth-order valence-corrected chi connectivity index (χ4v) is 6.01. The number of aryl methyl sites for hydroxylation is 2. The minimum atomic E-state index is -0.739. The molecule has 6 nitrogen and oxygen atoms in total. The Kier molecular flexibility index (Phi) is 5.85. The molecule has 0 spiro atoms. The number of aromatic nitrogens is 1. The molecule has 2 N–H and O–H groups in total. The lowest BCUT2D eigenvalue weighted by molar-refractivity contribution is -0.138. The van der Waals surface area contributed by atoms with Crippen LogP contribution in [0.3, 0.4) is 0 Å². The molecule has 0 radical (unpaired) electrons. The van der Waals surface area contributed by atoms with Crippen LogP contribution in [0.5, 0.6) is 0 Å². The molecule has 1 unspecified atom stereocenters. The van der Waals surface area contributed by atoms with E-state index in [-0.39, 0.29) is 24.2 Å². The average Bonchev–Trinajstić information content (AvgIpc) is 3.11. The number of carbonyl (C=O) groups is 2. The summed E-state index contributed by atoms with van der Waals surface area (Å²) in [6.45, 7) is 2.44. The Morgan fingerprint density at radius 3 is 2.91 bits per heavy atom. The van der Waals surface area contributed by atoms with Crippen molar-refractivity contribution in [3.8, 4) is 0 Å². The van der Waals surface area contributed by atoms with E-state index >= 15 is 0 Å². The van der Waals surface area contributed by atoms with Gasteiger partial charge in [0.15, 0.2) is 0 Å². The number of amides is 1. The van der Waals surface area contributed by atoms with Crippen molar-refractivity contribution in [3.05, 3.63) is 58.8 Å². The SMILES string of the molecule is O=C(O)CC1c2ccccc2[C@@H]2CN(C(=O)CCCc3cnc4c(c3)CCCN4)CC[C@H]12. The molecule has 32 heavy (non-hydrogen) atoms. The second-order valence-electron chi connectivity index (χ2n) is 9.47. The van der Waals surface area contributed by atoms with E-state index in [0.717, 1.165) is 51.0 Å². The zero-order valence-corrected chi connectivity index (χ0v) is 18.4. The van der Waals surface area contributed by atoms with Gasteiger partial charge in [0, 0.05) is 38.2 Å². The van der Waals surface area contributed by atoms with Gasteiger partial charge in [0.1, 0.15) is 5.82 Å². The number of pyridine rings is 1. The molecule has 3 aliphatic rings. The molecule has 1 fully saturated rings. The summed E-state index contributed by atoms with van der Waals surface area (Å²) in [4.78, 5) is 31.0. The van der Waals surface area contributed by atoms with E-state index in [1.807, 2.05) is 23.2 Å². The largest absolute Gasteiger partial charge is 0.481 e. The van der Waals surface area contributed by atoms with E-state index in [1.54, 1.807) is 0 Å². The highest BCUT2D eigenvalue weighted by Gasteiger charge is 2.44. The second-order valence-corrected chi connectivity index (χ2v) is 9.47. The van der Waals surface area contributed by atoms with Crippen LogP contribution in [0.2, 0.25) is 0 Å². The molecule has 2 aliphatic heterocycles. The third-order valence-electron chi connectivity index (χ3n) is 7.52. The maximum atomic E-state index is 13.0. The van der Waals surface area contributed by atoms with E-state index in [0.29, 0.717) is 18.9 Å². The van der Waals surface area contributed by atoms with Gasteiger partial charge in [-0.25, -0.2) is 4.98 Å². The Morgan fingerprint density at radius 2 is 2.06 bits per heavy atom. The fourth-order valence-electron chi connectivity index (χ4n) is 6.01. The molecule has 1 saturated heterocycles. The van der Waals surface area contributed by atoms with Gasteiger partial charge < -0.3 is 15.3 Å². The average molecular weight is 434 g/mol. The van der Waals surface area contributed by atoms with E-state index in [4.69, 9.17) is 0 Å². The maximum absolute atomic E-state index is 13.0. The summed E-state index contributed by atoms with van der Waals surface area (Å²) in [6, 6.07) is 10.5. The number of carboxylic acid groups (broad SMARTS) is 1. The van der Waals surface area contributed by atoms with Gasteiger partial charge in [-0.2, -0.15) is 0 Å². The Bertz CT molecular complexity index is 1020. The van der Waals surface area contributed by atoms with Crippen molar-refractivity contribution in [2.24, 2.45) is 5.92 Å². The number of likely N-dealkylation sites (tertiary alicyclic amines) is 1. The minimum Gasteiger partial charge on any atom is -0.481 e. The predicted octanol–water partition coefficient (Wildman–Crippen LogP) is 3.97. The highest BCUT2D eigenvalue weighted by atomic mass is 16.4. The summed E-state index contributed by atoms with van der Waals surface area (Å²) in [7, 11) is 0. The molecule has 1 aromatic heterocycles. The summed E-state index contributed by atoms with van der Waals surface area (Å²) in [5, 5.41) is 12.8. The monoisotopic (exact) mass is 433 g/mol. The molecule has 5 rings (SSSR count). The minimum absolute atomic E-state index is 0.0666. The molecule has 3 heterocycles. The van der Waals surface area contributed by atoms with Gasteiger partial charge in [-0.05, 0) is 66.2 Å². The number of fused-ring (bicyclic) bond motifs is 4. The first-order valence-electron chi connectivity index (χ1n) is 11.9. The molecule has 168 valence electrons. The lowest BCUT2D eigenvalue weighted by Crippen LogP contribution is -2.42. The number of aliphatic carboxylic acids is 1. The highest BCUT2D eigenvalue weighted by Crippen LogP contribution is 2.51. The van der Waals surface area contributed by atoms with Crippen LogP contribution in [0.25, 0.3) is 0 Å².